The molecule has 0 fully saturated rings. The number of hydrogen-bond acceptors (Lipinski definition) is 6. The van der Waals surface area contributed by atoms with Gasteiger partial charge in [-0.15, -0.1) is 0 Å². The Morgan fingerprint density at radius 1 is 1.09 bits per heavy atom. The first-order valence-electron chi connectivity index (χ1n) is 10.9. The SMILES string of the molecule is CCCC(=Nc1ccc(N(C)C(=O)CN(C)C)cc1)C1C(=O)Nc2cc(C(=O)OC)ccc21. The van der Waals surface area contributed by atoms with Crippen LogP contribution in [-0.4, -0.2) is 63.2 Å². The molecule has 0 aliphatic carbocycles. The average Bonchev–Trinajstić information content (AvgIpc) is 3.12. The number of amides is 2. The highest BCUT2D eigenvalue weighted by molar-refractivity contribution is 6.19. The Morgan fingerprint density at radius 3 is 2.39 bits per heavy atom. The van der Waals surface area contributed by atoms with Crippen LogP contribution in [0.1, 0.15) is 41.6 Å². The third-order valence-corrected chi connectivity index (χ3v) is 5.48. The van der Waals surface area contributed by atoms with Crippen molar-refractivity contribution in [1.82, 2.24) is 4.90 Å². The second-order valence-electron chi connectivity index (χ2n) is 8.28. The smallest absolute Gasteiger partial charge is 0.337 e. The van der Waals surface area contributed by atoms with Crippen molar-refractivity contribution in [3.8, 4) is 0 Å². The Bertz CT molecular complexity index is 1080. The number of hydrogen-bond donors (Lipinski definition) is 1. The van der Waals surface area contributed by atoms with Crippen molar-refractivity contribution in [1.29, 1.82) is 0 Å². The maximum atomic E-state index is 12.8. The van der Waals surface area contributed by atoms with E-state index < -0.39 is 11.9 Å². The van der Waals surface area contributed by atoms with Crippen molar-refractivity contribution in [2.24, 2.45) is 4.99 Å². The van der Waals surface area contributed by atoms with Crippen molar-refractivity contribution in [2.75, 3.05) is 45.0 Å². The zero-order chi connectivity index (χ0) is 24.1. The number of carbonyl (C=O) groups is 3. The van der Waals surface area contributed by atoms with Crippen LogP contribution in [0.4, 0.5) is 17.1 Å². The topological polar surface area (TPSA) is 91.3 Å². The van der Waals surface area contributed by atoms with Crippen LogP contribution >= 0.6 is 0 Å². The van der Waals surface area contributed by atoms with Crippen LogP contribution in [0.15, 0.2) is 47.5 Å². The van der Waals surface area contributed by atoms with Crippen molar-refractivity contribution in [2.45, 2.75) is 25.7 Å². The standard InChI is InChI=1S/C25H30N4O4/c1-6-7-20(23-19-13-8-16(25(32)33-5)14-21(19)27-24(23)31)26-17-9-11-18(12-10-17)29(4)22(30)15-28(2)3/h8-14,23H,6-7,15H2,1-5H3,(H,27,31). The maximum Gasteiger partial charge on any atom is 0.337 e. The van der Waals surface area contributed by atoms with Gasteiger partial charge >= 0.3 is 5.97 Å². The van der Waals surface area contributed by atoms with Gasteiger partial charge in [0.15, 0.2) is 0 Å². The number of benzene rings is 2. The van der Waals surface area contributed by atoms with Gasteiger partial charge in [-0.05, 0) is 62.5 Å². The average molecular weight is 451 g/mol. The minimum atomic E-state index is -0.518. The molecule has 0 saturated heterocycles. The predicted octanol–water partition coefficient (Wildman–Crippen LogP) is 3.61. The van der Waals surface area contributed by atoms with E-state index in [9.17, 15) is 14.4 Å². The van der Waals surface area contributed by atoms with Gasteiger partial charge in [0.05, 0.1) is 24.9 Å². The van der Waals surface area contributed by atoms with Gasteiger partial charge < -0.3 is 19.9 Å². The van der Waals surface area contributed by atoms with Crippen molar-refractivity contribution >= 4 is 40.6 Å². The fourth-order valence-electron chi connectivity index (χ4n) is 3.80. The molecule has 0 spiro atoms. The lowest BCUT2D eigenvalue weighted by molar-refractivity contribution is -0.119. The molecule has 0 aromatic heterocycles. The van der Waals surface area contributed by atoms with E-state index in [-0.39, 0.29) is 11.8 Å². The molecule has 1 unspecified atom stereocenters. The summed E-state index contributed by atoms with van der Waals surface area (Å²) in [5.74, 6) is -1.14. The molecule has 1 aliphatic heterocycles. The molecule has 1 atom stereocenters. The molecule has 2 amide bonds. The van der Waals surface area contributed by atoms with E-state index in [0.717, 1.165) is 23.4 Å². The molecule has 0 saturated carbocycles. The van der Waals surface area contributed by atoms with Crippen LogP contribution in [0.2, 0.25) is 0 Å². The van der Waals surface area contributed by atoms with E-state index in [1.54, 1.807) is 30.1 Å². The van der Waals surface area contributed by atoms with Crippen LogP contribution < -0.4 is 10.2 Å². The summed E-state index contributed by atoms with van der Waals surface area (Å²) in [5.41, 5.74) is 4.03. The van der Waals surface area contributed by atoms with Gasteiger partial charge in [0.2, 0.25) is 11.8 Å². The summed E-state index contributed by atoms with van der Waals surface area (Å²) in [6.45, 7) is 2.36. The summed E-state index contributed by atoms with van der Waals surface area (Å²) >= 11 is 0. The highest BCUT2D eigenvalue weighted by Crippen LogP contribution is 2.36. The number of nitrogens with one attached hydrogen (secondary N) is 1. The Kier molecular flexibility index (Phi) is 7.60. The van der Waals surface area contributed by atoms with E-state index in [0.29, 0.717) is 29.9 Å². The molecule has 2 aromatic carbocycles. The molecule has 1 N–H and O–H groups in total. The van der Waals surface area contributed by atoms with Gasteiger partial charge in [-0.25, -0.2) is 4.79 Å². The third kappa shape index (κ3) is 5.46. The first-order chi connectivity index (χ1) is 15.7. The van der Waals surface area contributed by atoms with Crippen LogP contribution in [-0.2, 0) is 14.3 Å². The maximum absolute atomic E-state index is 12.8. The first kappa shape index (κ1) is 24.1. The monoisotopic (exact) mass is 450 g/mol. The van der Waals surface area contributed by atoms with Gasteiger partial charge in [-0.1, -0.05) is 19.4 Å². The number of rotatable bonds is 8. The number of ether oxygens (including phenoxy) is 1. The summed E-state index contributed by atoms with van der Waals surface area (Å²) in [4.78, 5) is 45.2. The van der Waals surface area contributed by atoms with Crippen molar-refractivity contribution in [3.05, 3.63) is 53.6 Å². The van der Waals surface area contributed by atoms with Crippen molar-refractivity contribution in [3.63, 3.8) is 0 Å². The molecular weight excluding hydrogens is 420 g/mol. The molecule has 8 nitrogen and oxygen atoms in total. The number of aliphatic imine (C=N–C) groups is 1. The molecule has 3 rings (SSSR count). The summed E-state index contributed by atoms with van der Waals surface area (Å²) in [7, 11) is 6.78. The van der Waals surface area contributed by atoms with E-state index in [4.69, 9.17) is 9.73 Å². The molecule has 33 heavy (non-hydrogen) atoms. The zero-order valence-electron chi connectivity index (χ0n) is 19.7. The minimum Gasteiger partial charge on any atom is -0.465 e. The van der Waals surface area contributed by atoms with E-state index in [1.165, 1.54) is 7.11 Å². The summed E-state index contributed by atoms with van der Waals surface area (Å²) < 4.78 is 4.77. The predicted molar refractivity (Wildman–Crippen MR) is 130 cm³/mol. The van der Waals surface area contributed by atoms with Gasteiger partial charge in [-0.2, -0.15) is 0 Å². The number of nitrogens with zero attached hydrogens (tertiary/aromatic N) is 3. The molecule has 1 heterocycles. The Morgan fingerprint density at radius 2 is 1.79 bits per heavy atom. The van der Waals surface area contributed by atoms with Crippen LogP contribution in [0.5, 0.6) is 0 Å². The molecule has 174 valence electrons. The quantitative estimate of drug-likeness (QED) is 0.490. The first-order valence-corrected chi connectivity index (χ1v) is 10.9. The fourth-order valence-corrected chi connectivity index (χ4v) is 3.80. The molecular formula is C25H30N4O4. The van der Waals surface area contributed by atoms with E-state index in [1.807, 2.05) is 50.2 Å². The van der Waals surface area contributed by atoms with E-state index >= 15 is 0 Å². The second kappa shape index (κ2) is 10.4. The lowest BCUT2D eigenvalue weighted by Gasteiger charge is -2.20. The number of likely N-dealkylation sites (N-methyl/N-ethyl adjacent to an activating group) is 2. The van der Waals surface area contributed by atoms with Gasteiger partial charge in [0, 0.05) is 24.1 Å². The number of fused-ring (bicyclic) bond motifs is 1. The largest absolute Gasteiger partial charge is 0.465 e. The lowest BCUT2D eigenvalue weighted by Crippen LogP contribution is -2.34. The Labute approximate surface area is 194 Å². The number of carbonyl (C=O) groups excluding carboxylic acids is 3. The third-order valence-electron chi connectivity index (χ3n) is 5.48. The van der Waals surface area contributed by atoms with Crippen LogP contribution in [0, 0.1) is 0 Å². The number of esters is 1. The van der Waals surface area contributed by atoms with Crippen LogP contribution in [0.25, 0.3) is 0 Å². The molecule has 1 aliphatic rings. The summed E-state index contributed by atoms with van der Waals surface area (Å²) in [6.07, 6.45) is 1.48. The number of methoxy groups -OCH3 is 1. The minimum absolute atomic E-state index is 0.00604. The lowest BCUT2D eigenvalue weighted by atomic mass is 9.92. The van der Waals surface area contributed by atoms with Gasteiger partial charge in [0.1, 0.15) is 5.92 Å². The molecule has 2 aromatic rings. The van der Waals surface area contributed by atoms with Gasteiger partial charge in [-0.3, -0.25) is 14.6 Å². The second-order valence-corrected chi connectivity index (χ2v) is 8.28. The fraction of sp³-hybridized carbons (Fsp3) is 0.360. The van der Waals surface area contributed by atoms with Gasteiger partial charge in [0.25, 0.3) is 0 Å². The highest BCUT2D eigenvalue weighted by atomic mass is 16.5. The molecule has 0 bridgehead atoms. The van der Waals surface area contributed by atoms with Crippen LogP contribution in [0.3, 0.4) is 0 Å². The normalized spacial score (nSPS) is 15.3. The number of anilines is 2. The zero-order valence-corrected chi connectivity index (χ0v) is 19.7. The summed E-state index contributed by atoms with van der Waals surface area (Å²) in [6, 6.07) is 12.5. The Balaban J connectivity index is 1.88. The summed E-state index contributed by atoms with van der Waals surface area (Å²) in [5, 5.41) is 2.87. The molecule has 0 radical (unpaired) electrons. The Hall–Kier alpha value is -3.52. The highest BCUT2D eigenvalue weighted by Gasteiger charge is 2.34. The van der Waals surface area contributed by atoms with E-state index in [2.05, 4.69) is 5.32 Å². The van der Waals surface area contributed by atoms with Crippen molar-refractivity contribution < 1.29 is 19.1 Å². The molecule has 8 heteroatoms.